The van der Waals surface area contributed by atoms with Crippen molar-refractivity contribution in [3.05, 3.63) is 50.7 Å². The molecule has 1 aliphatic rings. The Bertz CT molecular complexity index is 821. The molecule has 1 aromatic carbocycles. The maximum absolute atomic E-state index is 12.5. The first-order valence-corrected chi connectivity index (χ1v) is 9.85. The zero-order valence-electron chi connectivity index (χ0n) is 15.5. The topological polar surface area (TPSA) is 52.6 Å². The number of carbonyl (C=O) groups excluding carboxylic acids is 2. The van der Waals surface area contributed by atoms with Gasteiger partial charge in [0, 0.05) is 16.0 Å². The zero-order valence-corrected chi connectivity index (χ0v) is 16.3. The van der Waals surface area contributed by atoms with Crippen LogP contribution in [0.4, 0.5) is 0 Å². The minimum Gasteiger partial charge on any atom is -0.493 e. The molecule has 0 saturated heterocycles. The number of esters is 1. The molecule has 1 heterocycles. The molecule has 0 radical (unpaired) electrons. The van der Waals surface area contributed by atoms with Gasteiger partial charge in [-0.15, -0.1) is 11.3 Å². The number of aryl methyl sites for hydroxylation is 1. The molecule has 26 heavy (non-hydrogen) atoms. The lowest BCUT2D eigenvalue weighted by atomic mass is 9.90. The third-order valence-electron chi connectivity index (χ3n) is 4.66. The van der Waals surface area contributed by atoms with Gasteiger partial charge in [0.1, 0.15) is 17.2 Å². The molecule has 5 heteroatoms. The number of rotatable bonds is 6. The van der Waals surface area contributed by atoms with Gasteiger partial charge in [-0.3, -0.25) is 4.79 Å². The smallest absolute Gasteiger partial charge is 0.348 e. The molecule has 1 atom stereocenters. The van der Waals surface area contributed by atoms with E-state index in [-0.39, 0.29) is 18.4 Å². The van der Waals surface area contributed by atoms with Crippen LogP contribution in [0.2, 0.25) is 0 Å². The number of Topliss-reactive ketones (excluding diaryl/α,β-unsaturated/α-hetero) is 1. The number of benzene rings is 1. The minimum atomic E-state index is -0.312. The van der Waals surface area contributed by atoms with Crippen molar-refractivity contribution in [3.63, 3.8) is 0 Å². The first kappa shape index (κ1) is 18.6. The molecule has 138 valence electrons. The van der Waals surface area contributed by atoms with Crippen molar-refractivity contribution in [2.24, 2.45) is 5.92 Å². The summed E-state index contributed by atoms with van der Waals surface area (Å²) in [6.07, 6.45) is 3.26. The summed E-state index contributed by atoms with van der Waals surface area (Å²) < 4.78 is 11.1. The van der Waals surface area contributed by atoms with E-state index in [0.29, 0.717) is 34.3 Å². The lowest BCUT2D eigenvalue weighted by Gasteiger charge is -2.16. The van der Waals surface area contributed by atoms with Gasteiger partial charge in [-0.1, -0.05) is 6.92 Å². The Morgan fingerprint density at radius 3 is 2.81 bits per heavy atom. The van der Waals surface area contributed by atoms with Gasteiger partial charge in [-0.25, -0.2) is 4.79 Å². The van der Waals surface area contributed by atoms with Crippen LogP contribution in [0.5, 0.6) is 5.75 Å². The van der Waals surface area contributed by atoms with Gasteiger partial charge in [0.25, 0.3) is 0 Å². The molecular weight excluding hydrogens is 348 g/mol. The van der Waals surface area contributed by atoms with E-state index >= 15 is 0 Å². The molecule has 0 saturated carbocycles. The molecule has 0 fully saturated rings. The standard InChI is InChI=1S/C21H24O4S/c1-4-24-18-7-6-15(14(3)22)10-17(18)12-25-21(23)20-11-16-9-13(2)5-8-19(16)26-20/h6-7,10-11,13H,4-5,8-9,12H2,1-3H3/t13-/m0/s1. The number of hydrogen-bond acceptors (Lipinski definition) is 5. The minimum absolute atomic E-state index is 0.0272. The van der Waals surface area contributed by atoms with E-state index in [9.17, 15) is 9.59 Å². The normalized spacial score (nSPS) is 16.0. The van der Waals surface area contributed by atoms with Gasteiger partial charge >= 0.3 is 5.97 Å². The number of hydrogen-bond donors (Lipinski definition) is 0. The molecule has 0 amide bonds. The van der Waals surface area contributed by atoms with Gasteiger partial charge in [0.05, 0.1) is 6.61 Å². The van der Waals surface area contributed by atoms with E-state index < -0.39 is 0 Å². The summed E-state index contributed by atoms with van der Waals surface area (Å²) in [5.74, 6) is 0.974. The third-order valence-corrected chi connectivity index (χ3v) is 5.87. The van der Waals surface area contributed by atoms with Crippen LogP contribution in [0.15, 0.2) is 24.3 Å². The number of thiophene rings is 1. The highest BCUT2D eigenvalue weighted by molar-refractivity contribution is 7.14. The average molecular weight is 372 g/mol. The van der Waals surface area contributed by atoms with Crippen molar-refractivity contribution in [2.45, 2.75) is 46.6 Å². The van der Waals surface area contributed by atoms with E-state index in [4.69, 9.17) is 9.47 Å². The molecule has 1 aliphatic carbocycles. The Morgan fingerprint density at radius 1 is 1.27 bits per heavy atom. The maximum Gasteiger partial charge on any atom is 0.348 e. The molecule has 4 nitrogen and oxygen atoms in total. The molecule has 1 aromatic heterocycles. The predicted molar refractivity (Wildman–Crippen MR) is 102 cm³/mol. The van der Waals surface area contributed by atoms with Gasteiger partial charge in [0.15, 0.2) is 5.78 Å². The lowest BCUT2D eigenvalue weighted by molar-refractivity contribution is 0.0475. The lowest BCUT2D eigenvalue weighted by Crippen LogP contribution is -2.08. The van der Waals surface area contributed by atoms with Gasteiger partial charge < -0.3 is 9.47 Å². The predicted octanol–water partition coefficient (Wildman–Crippen LogP) is 4.83. The Labute approximate surface area is 158 Å². The fraction of sp³-hybridized carbons (Fsp3) is 0.429. The second kappa shape index (κ2) is 8.04. The molecule has 0 spiro atoms. The van der Waals surface area contributed by atoms with Crippen molar-refractivity contribution in [3.8, 4) is 5.75 Å². The third kappa shape index (κ3) is 4.15. The van der Waals surface area contributed by atoms with Crippen LogP contribution in [-0.2, 0) is 24.2 Å². The summed E-state index contributed by atoms with van der Waals surface area (Å²) in [5, 5.41) is 0. The first-order valence-electron chi connectivity index (χ1n) is 9.03. The molecule has 0 bridgehead atoms. The molecular formula is C21H24O4S. The summed E-state index contributed by atoms with van der Waals surface area (Å²) in [4.78, 5) is 26.1. The van der Waals surface area contributed by atoms with E-state index in [1.54, 1.807) is 29.5 Å². The van der Waals surface area contributed by atoms with Gasteiger partial charge in [0.2, 0.25) is 0 Å². The van der Waals surface area contributed by atoms with Crippen LogP contribution in [-0.4, -0.2) is 18.4 Å². The van der Waals surface area contributed by atoms with Crippen LogP contribution in [0.1, 0.15) is 63.2 Å². The quantitative estimate of drug-likeness (QED) is 0.538. The first-order chi connectivity index (χ1) is 12.5. The highest BCUT2D eigenvalue weighted by Crippen LogP contribution is 2.32. The Hall–Kier alpha value is -2.14. The van der Waals surface area contributed by atoms with E-state index in [1.807, 2.05) is 13.0 Å². The fourth-order valence-corrected chi connectivity index (χ4v) is 4.33. The van der Waals surface area contributed by atoms with Crippen LogP contribution >= 0.6 is 11.3 Å². The monoisotopic (exact) mass is 372 g/mol. The molecule has 3 rings (SSSR count). The Balaban J connectivity index is 1.73. The summed E-state index contributed by atoms with van der Waals surface area (Å²) in [7, 11) is 0. The Kier molecular flexibility index (Phi) is 5.77. The van der Waals surface area contributed by atoms with Crippen LogP contribution in [0.25, 0.3) is 0 Å². The van der Waals surface area contributed by atoms with Crippen molar-refractivity contribution in [1.29, 1.82) is 0 Å². The maximum atomic E-state index is 12.5. The van der Waals surface area contributed by atoms with Crippen molar-refractivity contribution >= 4 is 23.1 Å². The van der Waals surface area contributed by atoms with E-state index in [0.717, 1.165) is 12.8 Å². The second-order valence-electron chi connectivity index (χ2n) is 6.79. The van der Waals surface area contributed by atoms with Crippen molar-refractivity contribution < 1.29 is 19.1 Å². The van der Waals surface area contributed by atoms with Crippen molar-refractivity contribution in [2.75, 3.05) is 6.61 Å². The number of ketones is 1. The second-order valence-corrected chi connectivity index (χ2v) is 7.93. The number of carbonyl (C=O) groups is 2. The molecule has 0 N–H and O–H groups in total. The van der Waals surface area contributed by atoms with Crippen LogP contribution in [0, 0.1) is 5.92 Å². The zero-order chi connectivity index (χ0) is 18.7. The average Bonchev–Trinajstić information content (AvgIpc) is 3.03. The largest absolute Gasteiger partial charge is 0.493 e. The van der Waals surface area contributed by atoms with Crippen LogP contribution < -0.4 is 4.74 Å². The van der Waals surface area contributed by atoms with Gasteiger partial charge in [-0.05, 0) is 68.9 Å². The SMILES string of the molecule is CCOc1ccc(C(C)=O)cc1COC(=O)c1cc2c(s1)CC[C@H](C)C2. The number of ether oxygens (including phenoxy) is 2. The fourth-order valence-electron chi connectivity index (χ4n) is 3.23. The molecule has 2 aromatic rings. The highest BCUT2D eigenvalue weighted by atomic mass is 32.1. The van der Waals surface area contributed by atoms with E-state index in [1.165, 1.54) is 23.8 Å². The van der Waals surface area contributed by atoms with Crippen molar-refractivity contribution in [1.82, 2.24) is 0 Å². The van der Waals surface area contributed by atoms with E-state index in [2.05, 4.69) is 6.92 Å². The number of fused-ring (bicyclic) bond motifs is 1. The summed E-state index contributed by atoms with van der Waals surface area (Å²) in [6, 6.07) is 7.21. The summed E-state index contributed by atoms with van der Waals surface area (Å²) in [6.45, 7) is 6.26. The van der Waals surface area contributed by atoms with Gasteiger partial charge in [-0.2, -0.15) is 0 Å². The summed E-state index contributed by atoms with van der Waals surface area (Å²) >= 11 is 1.54. The highest BCUT2D eigenvalue weighted by Gasteiger charge is 2.21. The van der Waals surface area contributed by atoms with Crippen LogP contribution in [0.3, 0.4) is 0 Å². The molecule has 0 aliphatic heterocycles. The summed E-state index contributed by atoms with van der Waals surface area (Å²) in [5.41, 5.74) is 2.58. The Morgan fingerprint density at radius 2 is 2.08 bits per heavy atom. The molecule has 0 unspecified atom stereocenters.